The van der Waals surface area contributed by atoms with Gasteiger partial charge in [-0.2, -0.15) is 0 Å². The molecule has 0 bridgehead atoms. The van der Waals surface area contributed by atoms with Gasteiger partial charge in [0.2, 0.25) is 0 Å². The quantitative estimate of drug-likeness (QED) is 0.580. The van der Waals surface area contributed by atoms with Gasteiger partial charge >= 0.3 is 0 Å². The molecule has 1 aromatic rings. The average Bonchev–Trinajstić information content (AvgIpc) is 2.53. The van der Waals surface area contributed by atoms with Crippen LogP contribution in [0.3, 0.4) is 0 Å². The van der Waals surface area contributed by atoms with E-state index in [0.29, 0.717) is 55.6 Å². The fourth-order valence-corrected chi connectivity index (χ4v) is 3.88. The summed E-state index contributed by atoms with van der Waals surface area (Å²) >= 11 is 2.17. The molecule has 0 saturated heterocycles. The van der Waals surface area contributed by atoms with Crippen molar-refractivity contribution < 1.29 is 14.4 Å². The summed E-state index contributed by atoms with van der Waals surface area (Å²) in [4.78, 5) is 39.2. The number of Topliss-reactive ketones (excluding diaryl/α,β-unsaturated/α-hetero) is 3. The Hall–Kier alpha value is -1.70. The van der Waals surface area contributed by atoms with Gasteiger partial charge in [0.05, 0.1) is 0 Å². The van der Waals surface area contributed by atoms with Gasteiger partial charge in [0.15, 0.2) is 23.4 Å². The van der Waals surface area contributed by atoms with Crippen LogP contribution >= 0.6 is 22.6 Å². The van der Waals surface area contributed by atoms with E-state index in [1.54, 1.807) is 4.90 Å². The summed E-state index contributed by atoms with van der Waals surface area (Å²) < 4.78 is 0.966. The highest BCUT2D eigenvalue weighted by Gasteiger charge is 2.40. The van der Waals surface area contributed by atoms with Crippen molar-refractivity contribution in [3.63, 3.8) is 0 Å². The first kappa shape index (κ1) is 17.1. The van der Waals surface area contributed by atoms with Crippen molar-refractivity contribution in [1.29, 1.82) is 0 Å². The third-order valence-electron chi connectivity index (χ3n) is 4.46. The van der Waals surface area contributed by atoms with E-state index in [-0.39, 0.29) is 17.3 Å². The predicted molar refractivity (Wildman–Crippen MR) is 99.4 cm³/mol. The first-order chi connectivity index (χ1) is 11.5. The molecule has 0 atom stereocenters. The lowest BCUT2D eigenvalue weighted by atomic mass is 9.89. The van der Waals surface area contributed by atoms with Gasteiger partial charge in [0.1, 0.15) is 5.70 Å². The van der Waals surface area contributed by atoms with Crippen LogP contribution in [-0.4, -0.2) is 23.4 Å². The highest BCUT2D eigenvalue weighted by atomic mass is 127. The number of anilines is 1. The summed E-state index contributed by atoms with van der Waals surface area (Å²) in [6.07, 6.45) is 3.01. The van der Waals surface area contributed by atoms with Crippen LogP contribution in [0.2, 0.25) is 0 Å². The first-order valence-electron chi connectivity index (χ1n) is 8.11. The van der Waals surface area contributed by atoms with E-state index in [9.17, 15) is 14.4 Å². The Bertz CT molecular complexity index is 726. The van der Waals surface area contributed by atoms with Crippen LogP contribution in [0.25, 0.3) is 0 Å². The summed E-state index contributed by atoms with van der Waals surface area (Å²) in [6, 6.07) is 6.53. The zero-order chi connectivity index (χ0) is 17.3. The van der Waals surface area contributed by atoms with Crippen LogP contribution in [0.5, 0.6) is 0 Å². The Morgan fingerprint density at radius 3 is 2.29 bits per heavy atom. The van der Waals surface area contributed by atoms with Crippen molar-refractivity contribution in [2.75, 3.05) is 4.90 Å². The topological polar surface area (TPSA) is 80.5 Å². The SMILES string of the molecule is NC1=C(N(c2cccc(I)c2)C2C(=O)CCCC2=O)C(=O)CCC1. The van der Waals surface area contributed by atoms with Gasteiger partial charge in [-0.1, -0.05) is 6.07 Å². The van der Waals surface area contributed by atoms with E-state index in [1.807, 2.05) is 24.3 Å². The highest BCUT2D eigenvalue weighted by Crippen LogP contribution is 2.32. The maximum atomic E-state index is 12.6. The van der Waals surface area contributed by atoms with Crippen LogP contribution in [0.15, 0.2) is 35.7 Å². The van der Waals surface area contributed by atoms with Crippen molar-refractivity contribution in [3.8, 4) is 0 Å². The molecule has 0 aliphatic heterocycles. The molecule has 1 aromatic carbocycles. The summed E-state index contributed by atoms with van der Waals surface area (Å²) in [5.41, 5.74) is 7.61. The Kier molecular flexibility index (Phi) is 5.03. The molecule has 5 nitrogen and oxygen atoms in total. The van der Waals surface area contributed by atoms with Gasteiger partial charge in [-0.3, -0.25) is 14.4 Å². The molecule has 6 heteroatoms. The molecule has 24 heavy (non-hydrogen) atoms. The van der Waals surface area contributed by atoms with E-state index < -0.39 is 6.04 Å². The number of hydrogen-bond acceptors (Lipinski definition) is 5. The average molecular weight is 438 g/mol. The third kappa shape index (κ3) is 3.24. The fourth-order valence-electron chi connectivity index (χ4n) is 3.36. The molecule has 0 amide bonds. The lowest BCUT2D eigenvalue weighted by molar-refractivity contribution is -0.131. The lowest BCUT2D eigenvalue weighted by Gasteiger charge is -2.37. The van der Waals surface area contributed by atoms with Crippen molar-refractivity contribution >= 4 is 45.6 Å². The van der Waals surface area contributed by atoms with Crippen LogP contribution in [-0.2, 0) is 14.4 Å². The minimum Gasteiger partial charge on any atom is -0.400 e. The number of hydrogen-bond donors (Lipinski definition) is 1. The second kappa shape index (κ2) is 7.04. The second-order valence-corrected chi connectivity index (χ2v) is 7.43. The monoisotopic (exact) mass is 438 g/mol. The summed E-state index contributed by atoms with van der Waals surface area (Å²) in [6.45, 7) is 0. The molecule has 126 valence electrons. The number of carbonyl (C=O) groups excluding carboxylic acids is 3. The molecule has 0 radical (unpaired) electrons. The summed E-state index contributed by atoms with van der Waals surface area (Å²) in [5, 5.41) is 0. The van der Waals surface area contributed by atoms with Gasteiger partial charge in [-0.25, -0.2) is 0 Å². The number of nitrogens with zero attached hydrogens (tertiary/aromatic N) is 1. The Balaban J connectivity index is 2.16. The number of rotatable bonds is 3. The van der Waals surface area contributed by atoms with E-state index in [0.717, 1.165) is 3.57 Å². The molecular weight excluding hydrogens is 419 g/mol. The number of carbonyl (C=O) groups is 3. The number of nitrogens with two attached hydrogens (primary N) is 1. The van der Waals surface area contributed by atoms with Crippen molar-refractivity contribution in [2.45, 2.75) is 44.6 Å². The van der Waals surface area contributed by atoms with Crippen LogP contribution in [0, 0.1) is 3.57 Å². The maximum absolute atomic E-state index is 12.6. The third-order valence-corrected chi connectivity index (χ3v) is 5.13. The van der Waals surface area contributed by atoms with Gasteiger partial charge in [-0.05, 0) is 60.1 Å². The van der Waals surface area contributed by atoms with Gasteiger partial charge in [0.25, 0.3) is 0 Å². The molecule has 2 aliphatic rings. The Morgan fingerprint density at radius 2 is 1.67 bits per heavy atom. The molecule has 1 saturated carbocycles. The molecule has 2 aliphatic carbocycles. The minimum atomic E-state index is -0.937. The first-order valence-corrected chi connectivity index (χ1v) is 9.19. The number of halogens is 1. The Morgan fingerprint density at radius 1 is 1.00 bits per heavy atom. The van der Waals surface area contributed by atoms with Crippen molar-refractivity contribution in [3.05, 3.63) is 39.2 Å². The second-order valence-electron chi connectivity index (χ2n) is 6.19. The van der Waals surface area contributed by atoms with Gasteiger partial charge < -0.3 is 10.6 Å². The van der Waals surface area contributed by atoms with E-state index in [2.05, 4.69) is 22.6 Å². The summed E-state index contributed by atoms with van der Waals surface area (Å²) in [5.74, 6) is -0.364. The molecule has 2 N–H and O–H groups in total. The molecule has 0 spiro atoms. The molecular formula is C18H19IN2O3. The number of allylic oxidation sites excluding steroid dienone is 2. The normalized spacial score (nSPS) is 19.8. The molecule has 1 fully saturated rings. The maximum Gasteiger partial charge on any atom is 0.181 e. The van der Waals surface area contributed by atoms with Crippen molar-refractivity contribution in [2.24, 2.45) is 5.73 Å². The molecule has 0 heterocycles. The predicted octanol–water partition coefficient (Wildman–Crippen LogP) is 2.71. The smallest absolute Gasteiger partial charge is 0.181 e. The molecule has 0 aromatic heterocycles. The molecule has 0 unspecified atom stereocenters. The number of benzene rings is 1. The van der Waals surface area contributed by atoms with Crippen LogP contribution < -0.4 is 10.6 Å². The minimum absolute atomic E-state index is 0.0937. The summed E-state index contributed by atoms with van der Waals surface area (Å²) in [7, 11) is 0. The van der Waals surface area contributed by atoms with E-state index in [1.165, 1.54) is 0 Å². The van der Waals surface area contributed by atoms with E-state index in [4.69, 9.17) is 5.73 Å². The Labute approximate surface area is 154 Å². The van der Waals surface area contributed by atoms with Crippen LogP contribution in [0.4, 0.5) is 5.69 Å². The molecule has 3 rings (SSSR count). The van der Waals surface area contributed by atoms with Crippen LogP contribution in [0.1, 0.15) is 38.5 Å². The fraction of sp³-hybridized carbons (Fsp3) is 0.389. The number of ketones is 3. The zero-order valence-electron chi connectivity index (χ0n) is 13.3. The van der Waals surface area contributed by atoms with Gasteiger partial charge in [-0.15, -0.1) is 0 Å². The zero-order valence-corrected chi connectivity index (χ0v) is 15.4. The standard InChI is InChI=1S/C18H19IN2O3/c19-11-4-1-5-12(10-11)21(17-13(20)6-2-7-14(17)22)18-15(23)8-3-9-16(18)24/h1,4-5,10,18H,2-3,6-9,20H2. The van der Waals surface area contributed by atoms with Gasteiger partial charge in [0, 0.05) is 34.2 Å². The van der Waals surface area contributed by atoms with E-state index >= 15 is 0 Å². The lowest BCUT2D eigenvalue weighted by Crippen LogP contribution is -2.51. The largest absolute Gasteiger partial charge is 0.400 e. The van der Waals surface area contributed by atoms with Crippen molar-refractivity contribution in [1.82, 2.24) is 0 Å². The highest BCUT2D eigenvalue weighted by molar-refractivity contribution is 14.1.